The van der Waals surface area contributed by atoms with Gasteiger partial charge in [0.1, 0.15) is 12.6 Å². The van der Waals surface area contributed by atoms with Gasteiger partial charge in [-0.2, -0.15) is 13.2 Å². The van der Waals surface area contributed by atoms with Gasteiger partial charge >= 0.3 is 6.18 Å². The Hall–Kier alpha value is -4.64. The number of halogens is 3. The van der Waals surface area contributed by atoms with Crippen molar-refractivity contribution in [2.75, 3.05) is 17.4 Å². The van der Waals surface area contributed by atoms with Crippen LogP contribution < -0.4 is 9.62 Å². The minimum Gasteiger partial charge on any atom is -0.354 e. The van der Waals surface area contributed by atoms with Crippen LogP contribution >= 0.6 is 0 Å². The monoisotopic (exact) mass is 651 g/mol. The van der Waals surface area contributed by atoms with Crippen LogP contribution in [0.2, 0.25) is 0 Å². The zero-order valence-corrected chi connectivity index (χ0v) is 26.4. The van der Waals surface area contributed by atoms with E-state index < -0.39 is 46.2 Å². The van der Waals surface area contributed by atoms with Crippen molar-refractivity contribution in [3.8, 4) is 0 Å². The summed E-state index contributed by atoms with van der Waals surface area (Å²) in [5.41, 5.74) is 0.829. The normalized spacial score (nSPS) is 12.3. The molecule has 0 spiro atoms. The number of amides is 2. The van der Waals surface area contributed by atoms with Gasteiger partial charge in [0.05, 0.1) is 16.1 Å². The third kappa shape index (κ3) is 8.75. The molecule has 0 heterocycles. The van der Waals surface area contributed by atoms with E-state index in [0.29, 0.717) is 28.9 Å². The zero-order valence-electron chi connectivity index (χ0n) is 25.6. The third-order valence-corrected chi connectivity index (χ3v) is 9.15. The van der Waals surface area contributed by atoms with Gasteiger partial charge in [0.25, 0.3) is 10.0 Å². The van der Waals surface area contributed by atoms with Crippen molar-refractivity contribution in [1.29, 1.82) is 0 Å². The lowest BCUT2D eigenvalue weighted by Gasteiger charge is -2.34. The van der Waals surface area contributed by atoms with E-state index in [4.69, 9.17) is 0 Å². The van der Waals surface area contributed by atoms with Gasteiger partial charge < -0.3 is 10.2 Å². The molecule has 1 unspecified atom stereocenters. The zero-order chi connectivity index (χ0) is 33.3. The topological polar surface area (TPSA) is 86.8 Å². The Labute approximate surface area is 267 Å². The molecule has 0 bridgehead atoms. The molecule has 4 aromatic carbocycles. The highest BCUT2D eigenvalue weighted by Crippen LogP contribution is 2.33. The fraction of sp³-hybridized carbons (Fsp3) is 0.257. The van der Waals surface area contributed by atoms with E-state index in [2.05, 4.69) is 5.32 Å². The molecule has 0 aliphatic rings. The van der Waals surface area contributed by atoms with Crippen LogP contribution in [0.1, 0.15) is 35.6 Å². The third-order valence-electron chi connectivity index (χ3n) is 7.37. The van der Waals surface area contributed by atoms with Crippen molar-refractivity contribution in [2.45, 2.75) is 50.3 Å². The molecule has 4 aromatic rings. The molecule has 11 heteroatoms. The smallest absolute Gasteiger partial charge is 0.354 e. The lowest BCUT2D eigenvalue weighted by molar-refractivity contribution is -0.140. The number of nitrogens with one attached hydrogen (secondary N) is 1. The maximum atomic E-state index is 14.4. The summed E-state index contributed by atoms with van der Waals surface area (Å²) in [7, 11) is -4.54. The van der Waals surface area contributed by atoms with Gasteiger partial charge in [0.2, 0.25) is 11.8 Å². The summed E-state index contributed by atoms with van der Waals surface area (Å²) in [6, 6.07) is 26.6. The van der Waals surface area contributed by atoms with Crippen LogP contribution in [0.3, 0.4) is 0 Å². The van der Waals surface area contributed by atoms with Crippen molar-refractivity contribution < 1.29 is 31.2 Å². The number of sulfonamides is 1. The molecule has 4 rings (SSSR count). The van der Waals surface area contributed by atoms with Gasteiger partial charge in [-0.25, -0.2) is 8.42 Å². The number of anilines is 1. The van der Waals surface area contributed by atoms with Gasteiger partial charge in [-0.3, -0.25) is 13.9 Å². The SMILES string of the molecule is CCCNC(=O)C(Cc1ccccc1)N(Cc1ccccc1)C(=O)CN(c1cccc(C(F)(F)F)c1)S(=O)(=O)c1ccc(C)cc1. The number of carbonyl (C=O) groups is 2. The minimum atomic E-state index is -4.75. The standard InChI is InChI=1S/C35H36F3N3O4S/c1-3-21-39-34(43)32(22-27-11-6-4-7-12-27)40(24-28-13-8-5-9-14-28)33(42)25-41(30-16-10-15-29(23-30)35(36,37)38)46(44,45)31-19-17-26(2)18-20-31/h4-20,23,32H,3,21-22,24-25H2,1-2H3,(H,39,43). The molecule has 0 fully saturated rings. The Morgan fingerprint density at radius 2 is 1.43 bits per heavy atom. The van der Waals surface area contributed by atoms with Crippen molar-refractivity contribution in [3.05, 3.63) is 131 Å². The molecule has 0 aliphatic heterocycles. The molecule has 1 atom stereocenters. The average Bonchev–Trinajstić information content (AvgIpc) is 3.04. The number of rotatable bonds is 13. The molecule has 0 aliphatic carbocycles. The predicted molar refractivity (Wildman–Crippen MR) is 171 cm³/mol. The molecular formula is C35H36F3N3O4S. The van der Waals surface area contributed by atoms with E-state index >= 15 is 0 Å². The summed E-state index contributed by atoms with van der Waals surface area (Å²) in [5, 5.41) is 2.85. The van der Waals surface area contributed by atoms with Crippen LogP contribution in [0.15, 0.2) is 114 Å². The van der Waals surface area contributed by atoms with Gasteiger partial charge in [-0.05, 0) is 54.8 Å². The van der Waals surface area contributed by atoms with Crippen LogP contribution in [0.5, 0.6) is 0 Å². The Balaban J connectivity index is 1.82. The van der Waals surface area contributed by atoms with Crippen LogP contribution in [0, 0.1) is 6.92 Å². The van der Waals surface area contributed by atoms with Crippen molar-refractivity contribution in [1.82, 2.24) is 10.2 Å². The summed E-state index contributed by atoms with van der Waals surface area (Å²) in [4.78, 5) is 29.1. The van der Waals surface area contributed by atoms with Crippen LogP contribution in [-0.4, -0.2) is 44.3 Å². The van der Waals surface area contributed by atoms with E-state index in [1.54, 1.807) is 49.4 Å². The second-order valence-corrected chi connectivity index (χ2v) is 12.7. The first-order valence-corrected chi connectivity index (χ1v) is 16.3. The first-order valence-electron chi connectivity index (χ1n) is 14.8. The number of hydrogen-bond acceptors (Lipinski definition) is 4. The van der Waals surface area contributed by atoms with Crippen LogP contribution in [0.4, 0.5) is 18.9 Å². The van der Waals surface area contributed by atoms with E-state index in [-0.39, 0.29) is 23.5 Å². The maximum Gasteiger partial charge on any atom is 0.416 e. The predicted octanol–water partition coefficient (Wildman–Crippen LogP) is 6.38. The first kappa shape index (κ1) is 34.2. The second-order valence-electron chi connectivity index (χ2n) is 10.9. The molecule has 0 saturated heterocycles. The molecule has 7 nitrogen and oxygen atoms in total. The molecule has 242 valence electrons. The fourth-order valence-corrected chi connectivity index (χ4v) is 6.31. The lowest BCUT2D eigenvalue weighted by Crippen LogP contribution is -2.53. The summed E-state index contributed by atoms with van der Waals surface area (Å²) < 4.78 is 70.0. The van der Waals surface area contributed by atoms with Crippen molar-refractivity contribution in [2.24, 2.45) is 0 Å². The molecule has 0 radical (unpaired) electrons. The van der Waals surface area contributed by atoms with Gasteiger partial charge in [-0.15, -0.1) is 0 Å². The summed E-state index contributed by atoms with van der Waals surface area (Å²) in [6.07, 6.45) is -3.98. The van der Waals surface area contributed by atoms with Gasteiger partial charge in [0.15, 0.2) is 0 Å². The first-order chi connectivity index (χ1) is 21.9. The minimum absolute atomic E-state index is 0.0439. The molecule has 1 N–H and O–H groups in total. The highest BCUT2D eigenvalue weighted by Gasteiger charge is 2.36. The fourth-order valence-electron chi connectivity index (χ4n) is 4.90. The number of carbonyl (C=O) groups excluding carboxylic acids is 2. The van der Waals surface area contributed by atoms with E-state index in [0.717, 1.165) is 23.3 Å². The molecule has 0 saturated carbocycles. The largest absolute Gasteiger partial charge is 0.416 e. The average molecular weight is 652 g/mol. The summed E-state index contributed by atoms with van der Waals surface area (Å²) >= 11 is 0. The molecular weight excluding hydrogens is 615 g/mol. The highest BCUT2D eigenvalue weighted by atomic mass is 32.2. The van der Waals surface area contributed by atoms with E-state index in [1.807, 2.05) is 37.3 Å². The Kier molecular flexibility index (Phi) is 11.2. The van der Waals surface area contributed by atoms with Crippen molar-refractivity contribution in [3.63, 3.8) is 0 Å². The van der Waals surface area contributed by atoms with Crippen LogP contribution in [-0.2, 0) is 38.8 Å². The number of hydrogen-bond donors (Lipinski definition) is 1. The molecule has 0 aromatic heterocycles. The van der Waals surface area contributed by atoms with Gasteiger partial charge in [0, 0.05) is 19.5 Å². The molecule has 2 amide bonds. The van der Waals surface area contributed by atoms with Gasteiger partial charge in [-0.1, -0.05) is 91.3 Å². The highest BCUT2D eigenvalue weighted by molar-refractivity contribution is 7.92. The lowest BCUT2D eigenvalue weighted by atomic mass is 10.0. The van der Waals surface area contributed by atoms with E-state index in [9.17, 15) is 31.2 Å². The number of aryl methyl sites for hydroxylation is 1. The number of alkyl halides is 3. The Morgan fingerprint density at radius 1 is 0.826 bits per heavy atom. The quantitative estimate of drug-likeness (QED) is 0.182. The number of nitrogens with zero attached hydrogens (tertiary/aromatic N) is 2. The summed E-state index contributed by atoms with van der Waals surface area (Å²) in [6.45, 7) is 3.12. The van der Waals surface area contributed by atoms with E-state index in [1.165, 1.54) is 23.1 Å². The summed E-state index contributed by atoms with van der Waals surface area (Å²) in [5.74, 6) is -1.19. The Bertz CT molecular complexity index is 1720. The maximum absolute atomic E-state index is 14.4. The Morgan fingerprint density at radius 3 is 2.02 bits per heavy atom. The second kappa shape index (κ2) is 15.1. The number of benzene rings is 4. The molecule has 46 heavy (non-hydrogen) atoms. The van der Waals surface area contributed by atoms with Crippen LogP contribution in [0.25, 0.3) is 0 Å². The van der Waals surface area contributed by atoms with Crippen molar-refractivity contribution >= 4 is 27.5 Å².